The van der Waals surface area contributed by atoms with Crippen LogP contribution in [-0.4, -0.2) is 13.1 Å². The van der Waals surface area contributed by atoms with Gasteiger partial charge in [-0.25, -0.2) is 0 Å². The number of nitrogens with zero attached hydrogens (tertiary/aromatic N) is 2. The van der Waals surface area contributed by atoms with Gasteiger partial charge in [0.25, 0.3) is 0 Å². The zero-order valence-corrected chi connectivity index (χ0v) is 10.1. The fraction of sp³-hybridized carbons (Fsp3) is 0.250. The van der Waals surface area contributed by atoms with E-state index in [1.807, 2.05) is 19.1 Å². The van der Waals surface area contributed by atoms with Gasteiger partial charge >= 0.3 is 0 Å². The van der Waals surface area contributed by atoms with Gasteiger partial charge in [-0.2, -0.15) is 5.26 Å². The molecule has 0 unspecified atom stereocenters. The summed E-state index contributed by atoms with van der Waals surface area (Å²) in [6.07, 6.45) is 5.28. The Morgan fingerprint density at radius 2 is 2.27 bits per heavy atom. The number of benzene rings is 1. The van der Waals surface area contributed by atoms with Crippen LogP contribution < -0.4 is 4.90 Å². The minimum Gasteiger partial charge on any atom is -0.361 e. The Kier molecular flexibility index (Phi) is 4.21. The molecular formula is C12H11BrN2. The van der Waals surface area contributed by atoms with E-state index in [9.17, 15) is 0 Å². The normalized spacial score (nSPS) is 9.07. The van der Waals surface area contributed by atoms with Crippen molar-refractivity contribution < 1.29 is 0 Å². The summed E-state index contributed by atoms with van der Waals surface area (Å²) in [6, 6.07) is 7.72. The van der Waals surface area contributed by atoms with E-state index < -0.39 is 0 Å². The molecule has 0 saturated carbocycles. The minimum atomic E-state index is 0.578. The van der Waals surface area contributed by atoms with Crippen molar-refractivity contribution in [2.75, 3.05) is 18.0 Å². The highest BCUT2D eigenvalue weighted by Gasteiger charge is 2.05. The van der Waals surface area contributed by atoms with Crippen molar-refractivity contribution in [3.05, 3.63) is 28.2 Å². The van der Waals surface area contributed by atoms with Crippen LogP contribution in [0.5, 0.6) is 0 Å². The lowest BCUT2D eigenvalue weighted by Crippen LogP contribution is -2.22. The first-order valence-electron chi connectivity index (χ1n) is 4.61. The number of nitriles is 1. The molecule has 0 radical (unpaired) electrons. The predicted octanol–water partition coefficient (Wildman–Crippen LogP) is 2.78. The maximum absolute atomic E-state index is 8.78. The number of hydrogen-bond acceptors (Lipinski definition) is 2. The van der Waals surface area contributed by atoms with E-state index in [0.717, 1.165) is 16.7 Å². The van der Waals surface area contributed by atoms with Gasteiger partial charge in [0.2, 0.25) is 0 Å². The molecule has 0 atom stereocenters. The third-order valence-electron chi connectivity index (χ3n) is 2.10. The zero-order chi connectivity index (χ0) is 11.3. The van der Waals surface area contributed by atoms with Gasteiger partial charge in [-0.15, -0.1) is 6.42 Å². The van der Waals surface area contributed by atoms with Crippen molar-refractivity contribution in [3.63, 3.8) is 0 Å². The Morgan fingerprint density at radius 3 is 2.73 bits per heavy atom. The van der Waals surface area contributed by atoms with Gasteiger partial charge in [-0.3, -0.25) is 0 Å². The van der Waals surface area contributed by atoms with Crippen LogP contribution in [0.3, 0.4) is 0 Å². The maximum Gasteiger partial charge on any atom is 0.100 e. The topological polar surface area (TPSA) is 27.0 Å². The molecule has 0 aromatic heterocycles. The molecule has 0 amide bonds. The molecule has 0 aliphatic rings. The Balaban J connectivity index is 3.02. The lowest BCUT2D eigenvalue weighted by Gasteiger charge is -2.20. The van der Waals surface area contributed by atoms with E-state index in [1.54, 1.807) is 6.07 Å². The third-order valence-corrected chi connectivity index (χ3v) is 2.76. The van der Waals surface area contributed by atoms with E-state index in [4.69, 9.17) is 11.7 Å². The molecule has 0 spiro atoms. The second kappa shape index (κ2) is 5.44. The molecule has 0 heterocycles. The van der Waals surface area contributed by atoms with E-state index in [0.29, 0.717) is 12.1 Å². The van der Waals surface area contributed by atoms with Gasteiger partial charge in [0, 0.05) is 16.7 Å². The lowest BCUT2D eigenvalue weighted by atomic mass is 10.2. The van der Waals surface area contributed by atoms with Crippen LogP contribution in [0.2, 0.25) is 0 Å². The summed E-state index contributed by atoms with van der Waals surface area (Å²) in [5.41, 5.74) is 1.66. The molecule has 1 aromatic carbocycles. The highest BCUT2D eigenvalue weighted by atomic mass is 79.9. The van der Waals surface area contributed by atoms with E-state index >= 15 is 0 Å². The number of rotatable bonds is 3. The van der Waals surface area contributed by atoms with Gasteiger partial charge in [-0.05, 0) is 41.1 Å². The zero-order valence-electron chi connectivity index (χ0n) is 8.50. The van der Waals surface area contributed by atoms with Crippen molar-refractivity contribution in [2.24, 2.45) is 0 Å². The lowest BCUT2D eigenvalue weighted by molar-refractivity contribution is 0.917. The quantitative estimate of drug-likeness (QED) is 0.784. The summed E-state index contributed by atoms with van der Waals surface area (Å²) < 4.78 is 0.804. The molecule has 0 N–H and O–H groups in total. The first-order valence-corrected chi connectivity index (χ1v) is 5.40. The molecule has 0 aliphatic carbocycles. The fourth-order valence-corrected chi connectivity index (χ4v) is 1.74. The van der Waals surface area contributed by atoms with E-state index in [-0.39, 0.29) is 0 Å². The number of terminal acetylenes is 1. The number of anilines is 1. The van der Waals surface area contributed by atoms with Crippen LogP contribution in [0.1, 0.15) is 12.5 Å². The molecular weight excluding hydrogens is 252 g/mol. The first-order chi connectivity index (χ1) is 7.22. The third kappa shape index (κ3) is 2.75. The van der Waals surface area contributed by atoms with Crippen molar-refractivity contribution in [3.8, 4) is 18.4 Å². The second-order valence-corrected chi connectivity index (χ2v) is 3.85. The Hall–Kier alpha value is -1.45. The summed E-state index contributed by atoms with van der Waals surface area (Å²) in [5.74, 6) is 2.61. The molecule has 1 rings (SSSR count). The fourth-order valence-electron chi connectivity index (χ4n) is 1.29. The van der Waals surface area contributed by atoms with Crippen LogP contribution in [-0.2, 0) is 0 Å². The molecule has 76 valence electrons. The number of hydrogen-bond donors (Lipinski definition) is 0. The molecule has 1 aromatic rings. The molecule has 0 bridgehead atoms. The predicted molar refractivity (Wildman–Crippen MR) is 65.6 cm³/mol. The van der Waals surface area contributed by atoms with E-state index in [1.165, 1.54) is 0 Å². The van der Waals surface area contributed by atoms with Gasteiger partial charge in [0.15, 0.2) is 0 Å². The largest absolute Gasteiger partial charge is 0.361 e. The Morgan fingerprint density at radius 1 is 1.53 bits per heavy atom. The summed E-state index contributed by atoms with van der Waals surface area (Å²) >= 11 is 3.36. The summed E-state index contributed by atoms with van der Waals surface area (Å²) in [5, 5.41) is 8.78. The SMILES string of the molecule is C#CCN(CC)c1ccc(C#N)c(Br)c1. The van der Waals surface area contributed by atoms with Crippen LogP contribution >= 0.6 is 15.9 Å². The van der Waals surface area contributed by atoms with Crippen molar-refractivity contribution in [1.82, 2.24) is 0 Å². The minimum absolute atomic E-state index is 0.578. The molecule has 3 heteroatoms. The smallest absolute Gasteiger partial charge is 0.100 e. The highest BCUT2D eigenvalue weighted by Crippen LogP contribution is 2.23. The first kappa shape index (κ1) is 11.6. The molecule has 2 nitrogen and oxygen atoms in total. The molecule has 15 heavy (non-hydrogen) atoms. The summed E-state index contributed by atoms with van der Waals surface area (Å²) in [7, 11) is 0. The average Bonchev–Trinajstić information content (AvgIpc) is 2.25. The van der Waals surface area contributed by atoms with Gasteiger partial charge in [-0.1, -0.05) is 5.92 Å². The molecule has 0 fully saturated rings. The van der Waals surface area contributed by atoms with Crippen LogP contribution in [0, 0.1) is 23.7 Å². The summed E-state index contributed by atoms with van der Waals surface area (Å²) in [6.45, 7) is 3.47. The highest BCUT2D eigenvalue weighted by molar-refractivity contribution is 9.10. The Bertz CT molecular complexity index is 426. The molecule has 0 aliphatic heterocycles. The van der Waals surface area contributed by atoms with Gasteiger partial charge in [0.05, 0.1) is 12.1 Å². The van der Waals surface area contributed by atoms with Crippen LogP contribution in [0.15, 0.2) is 22.7 Å². The van der Waals surface area contributed by atoms with Gasteiger partial charge in [0.1, 0.15) is 6.07 Å². The number of halogens is 1. The van der Waals surface area contributed by atoms with E-state index in [2.05, 4.69) is 32.8 Å². The van der Waals surface area contributed by atoms with Crippen LogP contribution in [0.25, 0.3) is 0 Å². The maximum atomic E-state index is 8.78. The monoisotopic (exact) mass is 262 g/mol. The second-order valence-electron chi connectivity index (χ2n) is 2.99. The van der Waals surface area contributed by atoms with Crippen molar-refractivity contribution in [2.45, 2.75) is 6.92 Å². The summed E-state index contributed by atoms with van der Waals surface area (Å²) in [4.78, 5) is 2.06. The Labute approximate surface area is 98.6 Å². The molecule has 0 saturated heterocycles. The average molecular weight is 263 g/mol. The van der Waals surface area contributed by atoms with Gasteiger partial charge < -0.3 is 4.90 Å². The van der Waals surface area contributed by atoms with Crippen molar-refractivity contribution >= 4 is 21.6 Å². The standard InChI is InChI=1S/C12H11BrN2/c1-3-7-15(4-2)11-6-5-10(9-14)12(13)8-11/h1,5-6,8H,4,7H2,2H3. The van der Waals surface area contributed by atoms with Crippen molar-refractivity contribution in [1.29, 1.82) is 5.26 Å². The van der Waals surface area contributed by atoms with Crippen LogP contribution in [0.4, 0.5) is 5.69 Å².